The van der Waals surface area contributed by atoms with E-state index < -0.39 is 52.0 Å². The van der Waals surface area contributed by atoms with E-state index in [4.69, 9.17) is 10.5 Å². The molecule has 0 unspecified atom stereocenters. The van der Waals surface area contributed by atoms with E-state index in [0.29, 0.717) is 11.3 Å². The average Bonchev–Trinajstić information content (AvgIpc) is 3.41. The van der Waals surface area contributed by atoms with Gasteiger partial charge in [0.05, 0.1) is 35.6 Å². The van der Waals surface area contributed by atoms with Crippen LogP contribution in [0.25, 0.3) is 0 Å². The Morgan fingerprint density at radius 1 is 1.20 bits per heavy atom. The van der Waals surface area contributed by atoms with Crippen LogP contribution in [0.4, 0.5) is 17.1 Å². The van der Waals surface area contributed by atoms with Crippen LogP contribution in [0.3, 0.4) is 0 Å². The molecule has 0 bridgehead atoms. The van der Waals surface area contributed by atoms with Crippen molar-refractivity contribution in [1.29, 1.82) is 0 Å². The second-order valence-corrected chi connectivity index (χ2v) is 8.69. The molecule has 5 rings (SSSR count). The zero-order chi connectivity index (χ0) is 25.1. The number of carbonyl (C=O) groups is 4. The molecule has 12 heteroatoms. The van der Waals surface area contributed by atoms with E-state index in [1.807, 2.05) is 0 Å². The van der Waals surface area contributed by atoms with Crippen molar-refractivity contribution in [3.05, 3.63) is 58.1 Å². The lowest BCUT2D eigenvalue weighted by Gasteiger charge is -2.29. The second kappa shape index (κ2) is 7.87. The Hall–Kier alpha value is -4.32. The van der Waals surface area contributed by atoms with E-state index in [2.05, 4.69) is 10.6 Å². The first-order valence-corrected chi connectivity index (χ1v) is 10.9. The second-order valence-electron chi connectivity index (χ2n) is 8.69. The summed E-state index contributed by atoms with van der Waals surface area (Å²) < 4.78 is 5.26. The van der Waals surface area contributed by atoms with Gasteiger partial charge in [-0.2, -0.15) is 0 Å². The maximum absolute atomic E-state index is 13.9. The van der Waals surface area contributed by atoms with Gasteiger partial charge >= 0.3 is 0 Å². The smallest absolute Gasteiger partial charge is 0.273 e. The number of ether oxygens (including phenoxy) is 1. The molecule has 3 aliphatic heterocycles. The van der Waals surface area contributed by atoms with Crippen LogP contribution >= 0.6 is 0 Å². The summed E-state index contributed by atoms with van der Waals surface area (Å²) in [4.78, 5) is 64.0. The standard InChI is InChI=1S/C23H21N5O7/c1-35-16-10-11(28(33)34)6-8-15(16)27-20(30)18-14(7-9-17(24)29)26-23(19(18)21(27)31)12-4-2-3-5-13(12)25-22(23)32/h2-6,8,10,14,18-19,26H,7,9H2,1H3,(H2,24,29)(H,25,32)/t14-,18+,19+,23-/m0/s1. The van der Waals surface area contributed by atoms with Crippen molar-refractivity contribution in [3.8, 4) is 5.75 Å². The molecular weight excluding hydrogens is 458 g/mol. The number of amides is 4. The van der Waals surface area contributed by atoms with Crippen LogP contribution < -0.4 is 26.0 Å². The fourth-order valence-electron chi connectivity index (χ4n) is 5.51. The Morgan fingerprint density at radius 3 is 2.63 bits per heavy atom. The first-order chi connectivity index (χ1) is 16.7. The number of nitro groups is 1. The average molecular weight is 479 g/mol. The van der Waals surface area contributed by atoms with Crippen LogP contribution in [0.5, 0.6) is 5.75 Å². The highest BCUT2D eigenvalue weighted by molar-refractivity contribution is 6.26. The van der Waals surface area contributed by atoms with Crippen LogP contribution in [0, 0.1) is 22.0 Å². The molecule has 2 fully saturated rings. The van der Waals surface area contributed by atoms with Gasteiger partial charge in [0.15, 0.2) is 0 Å². The molecule has 2 aromatic carbocycles. The van der Waals surface area contributed by atoms with Crippen LogP contribution in [0.1, 0.15) is 18.4 Å². The van der Waals surface area contributed by atoms with Gasteiger partial charge < -0.3 is 15.8 Å². The summed E-state index contributed by atoms with van der Waals surface area (Å²) in [7, 11) is 1.27. The highest BCUT2D eigenvalue weighted by Crippen LogP contribution is 2.54. The van der Waals surface area contributed by atoms with Crippen LogP contribution in [-0.2, 0) is 24.7 Å². The lowest BCUT2D eigenvalue weighted by molar-refractivity contribution is -0.384. The Morgan fingerprint density at radius 2 is 1.94 bits per heavy atom. The largest absolute Gasteiger partial charge is 0.494 e. The highest BCUT2D eigenvalue weighted by atomic mass is 16.6. The summed E-state index contributed by atoms with van der Waals surface area (Å²) in [5.74, 6) is -4.42. The van der Waals surface area contributed by atoms with Gasteiger partial charge in [0, 0.05) is 29.8 Å². The predicted octanol–water partition coefficient (Wildman–Crippen LogP) is 0.794. The predicted molar refractivity (Wildman–Crippen MR) is 121 cm³/mol. The molecule has 4 atom stereocenters. The number of non-ortho nitro benzene ring substituents is 1. The van der Waals surface area contributed by atoms with E-state index in [0.717, 1.165) is 11.0 Å². The number of hydrogen-bond donors (Lipinski definition) is 3. The van der Waals surface area contributed by atoms with Gasteiger partial charge in [-0.25, -0.2) is 4.90 Å². The SMILES string of the molecule is COc1cc([N+](=O)[O-])ccc1N1C(=O)[C@@H]2[C@H](CCC(N)=O)N[C@]3(C(=O)Nc4ccccc43)[C@H]2C1=O. The third-order valence-electron chi connectivity index (χ3n) is 6.94. The van der Waals surface area contributed by atoms with Gasteiger partial charge in [-0.3, -0.25) is 34.6 Å². The first kappa shape index (κ1) is 22.5. The summed E-state index contributed by atoms with van der Waals surface area (Å²) in [5.41, 5.74) is 4.62. The summed E-state index contributed by atoms with van der Waals surface area (Å²) in [6.07, 6.45) is 0.0838. The number of fused-ring (bicyclic) bond motifs is 4. The number of rotatable bonds is 6. The number of imide groups is 1. The first-order valence-electron chi connectivity index (χ1n) is 10.9. The minimum absolute atomic E-state index is 0.0344. The molecule has 0 aliphatic carbocycles. The van der Waals surface area contributed by atoms with Crippen molar-refractivity contribution in [2.45, 2.75) is 24.4 Å². The summed E-state index contributed by atoms with van der Waals surface area (Å²) in [6, 6.07) is 9.75. The molecule has 180 valence electrons. The van der Waals surface area contributed by atoms with Crippen molar-refractivity contribution in [3.63, 3.8) is 0 Å². The van der Waals surface area contributed by atoms with Crippen LogP contribution in [0.2, 0.25) is 0 Å². The monoisotopic (exact) mass is 479 g/mol. The van der Waals surface area contributed by atoms with Gasteiger partial charge in [-0.1, -0.05) is 18.2 Å². The molecule has 0 aromatic heterocycles. The maximum atomic E-state index is 13.9. The fraction of sp³-hybridized carbons (Fsp3) is 0.304. The third kappa shape index (κ3) is 3.10. The van der Waals surface area contributed by atoms with Gasteiger partial charge in [0.1, 0.15) is 11.3 Å². The quantitative estimate of drug-likeness (QED) is 0.310. The number of nitrogens with two attached hydrogens (primary N) is 1. The van der Waals surface area contributed by atoms with Crippen molar-refractivity contribution in [1.82, 2.24) is 5.32 Å². The highest BCUT2D eigenvalue weighted by Gasteiger charge is 2.70. The number of anilines is 2. The topological polar surface area (TPSA) is 174 Å². The zero-order valence-electron chi connectivity index (χ0n) is 18.5. The number of nitrogens with zero attached hydrogens (tertiary/aromatic N) is 2. The van der Waals surface area contributed by atoms with E-state index in [1.165, 1.54) is 19.2 Å². The van der Waals surface area contributed by atoms with E-state index in [-0.39, 0.29) is 30.0 Å². The number of carbonyl (C=O) groups excluding carboxylic acids is 4. The zero-order valence-corrected chi connectivity index (χ0v) is 18.5. The molecule has 35 heavy (non-hydrogen) atoms. The number of methoxy groups -OCH3 is 1. The van der Waals surface area contributed by atoms with Crippen molar-refractivity contribution in [2.24, 2.45) is 17.6 Å². The molecule has 3 heterocycles. The Bertz CT molecular complexity index is 1310. The lowest BCUT2D eigenvalue weighted by Crippen LogP contribution is -2.53. The lowest BCUT2D eigenvalue weighted by atomic mass is 9.76. The number of nitrogens with one attached hydrogen (secondary N) is 2. The molecular formula is C23H21N5O7. The molecule has 2 saturated heterocycles. The Balaban J connectivity index is 1.64. The van der Waals surface area contributed by atoms with Gasteiger partial charge in [-0.15, -0.1) is 0 Å². The van der Waals surface area contributed by atoms with Crippen molar-refractivity contribution >= 4 is 40.7 Å². The number of primary amides is 1. The third-order valence-corrected chi connectivity index (χ3v) is 6.94. The summed E-state index contributed by atoms with van der Waals surface area (Å²) in [6.45, 7) is 0. The number of benzene rings is 2. The van der Waals surface area contributed by atoms with Crippen molar-refractivity contribution in [2.75, 3.05) is 17.3 Å². The minimum Gasteiger partial charge on any atom is -0.494 e. The molecule has 1 spiro atoms. The number of para-hydroxylation sites is 1. The van der Waals surface area contributed by atoms with Crippen LogP contribution in [-0.4, -0.2) is 41.7 Å². The molecule has 2 aromatic rings. The Kier molecular flexibility index (Phi) is 5.06. The molecule has 4 amide bonds. The summed E-state index contributed by atoms with van der Waals surface area (Å²) >= 11 is 0. The maximum Gasteiger partial charge on any atom is 0.273 e. The molecule has 4 N–H and O–H groups in total. The molecule has 3 aliphatic rings. The Labute approximate surface area is 198 Å². The van der Waals surface area contributed by atoms with Gasteiger partial charge in [0.2, 0.25) is 23.6 Å². The van der Waals surface area contributed by atoms with E-state index in [9.17, 15) is 29.3 Å². The summed E-state index contributed by atoms with van der Waals surface area (Å²) in [5, 5.41) is 17.2. The van der Waals surface area contributed by atoms with Gasteiger partial charge in [-0.05, 0) is 18.6 Å². The fourth-order valence-corrected chi connectivity index (χ4v) is 5.51. The van der Waals surface area contributed by atoms with E-state index >= 15 is 0 Å². The van der Waals surface area contributed by atoms with Gasteiger partial charge in [0.25, 0.3) is 5.69 Å². The normalized spacial score (nSPS) is 26.6. The number of nitro benzene ring substituents is 1. The van der Waals surface area contributed by atoms with Crippen LogP contribution in [0.15, 0.2) is 42.5 Å². The van der Waals surface area contributed by atoms with Crippen molar-refractivity contribution < 1.29 is 28.8 Å². The minimum atomic E-state index is -1.53. The van der Waals surface area contributed by atoms with E-state index in [1.54, 1.807) is 24.3 Å². The molecule has 12 nitrogen and oxygen atoms in total. The molecule has 0 saturated carbocycles. The number of hydrogen-bond acceptors (Lipinski definition) is 8. The molecule has 0 radical (unpaired) electrons.